The van der Waals surface area contributed by atoms with Crippen LogP contribution >= 0.6 is 0 Å². The maximum atomic E-state index is 14.4. The standard InChI is InChI=1S/C20H21FN4O3S/c21-17-12-14(13-22)6-7-16(17)19-23-20(28-24-19)18(15-4-2-1-3-5-15)25-8-10-29(26,27)11-9-25/h1-7,12,18H,8-11,13,22H2. The van der Waals surface area contributed by atoms with Gasteiger partial charge in [-0.2, -0.15) is 4.98 Å². The van der Waals surface area contributed by atoms with Crippen LogP contribution in [-0.2, 0) is 16.4 Å². The highest BCUT2D eigenvalue weighted by Crippen LogP contribution is 2.31. The van der Waals surface area contributed by atoms with Gasteiger partial charge in [0, 0.05) is 19.6 Å². The Morgan fingerprint density at radius 2 is 1.86 bits per heavy atom. The van der Waals surface area contributed by atoms with Gasteiger partial charge < -0.3 is 10.3 Å². The molecule has 9 heteroatoms. The highest BCUT2D eigenvalue weighted by Gasteiger charge is 2.32. The minimum Gasteiger partial charge on any atom is -0.337 e. The van der Waals surface area contributed by atoms with Gasteiger partial charge in [-0.05, 0) is 23.3 Å². The fourth-order valence-corrected chi connectivity index (χ4v) is 4.68. The van der Waals surface area contributed by atoms with Crippen LogP contribution in [0.4, 0.5) is 4.39 Å². The van der Waals surface area contributed by atoms with Crippen LogP contribution < -0.4 is 5.73 Å². The molecule has 0 amide bonds. The number of aromatic nitrogens is 2. The Labute approximate surface area is 168 Å². The molecule has 1 fully saturated rings. The summed E-state index contributed by atoms with van der Waals surface area (Å²) in [6.07, 6.45) is 0. The minimum atomic E-state index is -3.03. The lowest BCUT2D eigenvalue weighted by molar-refractivity contribution is 0.201. The van der Waals surface area contributed by atoms with E-state index in [4.69, 9.17) is 10.3 Å². The van der Waals surface area contributed by atoms with Gasteiger partial charge in [0.25, 0.3) is 0 Å². The molecule has 4 rings (SSSR count). The number of sulfone groups is 1. The molecule has 0 aliphatic carbocycles. The average Bonchev–Trinajstić information content (AvgIpc) is 3.19. The van der Waals surface area contributed by atoms with E-state index in [1.807, 2.05) is 35.2 Å². The molecule has 1 saturated heterocycles. The van der Waals surface area contributed by atoms with Crippen molar-refractivity contribution in [3.05, 3.63) is 71.4 Å². The van der Waals surface area contributed by atoms with E-state index in [1.165, 1.54) is 6.07 Å². The first-order valence-electron chi connectivity index (χ1n) is 9.29. The molecule has 152 valence electrons. The molecule has 2 aromatic carbocycles. The second-order valence-electron chi connectivity index (χ2n) is 6.98. The number of nitrogens with zero attached hydrogens (tertiary/aromatic N) is 3. The van der Waals surface area contributed by atoms with Crippen LogP contribution in [0.25, 0.3) is 11.4 Å². The Hall–Kier alpha value is -2.62. The van der Waals surface area contributed by atoms with Crippen molar-refractivity contribution in [3.63, 3.8) is 0 Å². The number of benzene rings is 2. The van der Waals surface area contributed by atoms with Gasteiger partial charge in [0.2, 0.25) is 11.7 Å². The molecule has 0 saturated carbocycles. The summed E-state index contributed by atoms with van der Waals surface area (Å²) in [6, 6.07) is 13.8. The van der Waals surface area contributed by atoms with Crippen LogP contribution in [-0.4, -0.2) is 48.1 Å². The molecule has 1 unspecified atom stereocenters. The monoisotopic (exact) mass is 416 g/mol. The van der Waals surface area contributed by atoms with Gasteiger partial charge in [0.15, 0.2) is 9.84 Å². The van der Waals surface area contributed by atoms with Gasteiger partial charge in [-0.1, -0.05) is 41.6 Å². The number of hydrogen-bond donors (Lipinski definition) is 1. The second kappa shape index (κ2) is 8.02. The van der Waals surface area contributed by atoms with Crippen LogP contribution in [0, 0.1) is 5.82 Å². The third kappa shape index (κ3) is 4.21. The molecule has 7 nitrogen and oxygen atoms in total. The topological polar surface area (TPSA) is 102 Å². The summed E-state index contributed by atoms with van der Waals surface area (Å²) in [6.45, 7) is 0.959. The van der Waals surface area contributed by atoms with E-state index in [2.05, 4.69) is 10.1 Å². The molecule has 29 heavy (non-hydrogen) atoms. The Kier molecular flexibility index (Phi) is 5.44. The molecule has 0 bridgehead atoms. The van der Waals surface area contributed by atoms with E-state index in [1.54, 1.807) is 12.1 Å². The molecule has 1 aliphatic rings. The zero-order chi connectivity index (χ0) is 20.4. The molecule has 1 atom stereocenters. The highest BCUT2D eigenvalue weighted by molar-refractivity contribution is 7.91. The first-order valence-corrected chi connectivity index (χ1v) is 11.1. The molecular formula is C20H21FN4O3S. The van der Waals surface area contributed by atoms with Crippen molar-refractivity contribution in [1.29, 1.82) is 0 Å². The lowest BCUT2D eigenvalue weighted by Crippen LogP contribution is -2.42. The summed E-state index contributed by atoms with van der Waals surface area (Å²) in [5, 5.41) is 3.97. The smallest absolute Gasteiger partial charge is 0.248 e. The molecule has 1 aliphatic heterocycles. The van der Waals surface area contributed by atoms with Gasteiger partial charge in [-0.15, -0.1) is 0 Å². The third-order valence-electron chi connectivity index (χ3n) is 5.05. The van der Waals surface area contributed by atoms with Crippen molar-refractivity contribution in [2.45, 2.75) is 12.6 Å². The van der Waals surface area contributed by atoms with Gasteiger partial charge in [0.05, 0.1) is 17.1 Å². The molecule has 0 spiro atoms. The number of halogens is 1. The van der Waals surface area contributed by atoms with Crippen LogP contribution in [0.3, 0.4) is 0 Å². The summed E-state index contributed by atoms with van der Waals surface area (Å²) >= 11 is 0. The Balaban J connectivity index is 1.69. The predicted octanol–water partition coefficient (Wildman–Crippen LogP) is 2.15. The quantitative estimate of drug-likeness (QED) is 0.680. The van der Waals surface area contributed by atoms with E-state index in [0.29, 0.717) is 24.5 Å². The third-order valence-corrected chi connectivity index (χ3v) is 6.65. The van der Waals surface area contributed by atoms with Crippen LogP contribution in [0.15, 0.2) is 53.1 Å². The molecule has 1 aromatic heterocycles. The predicted molar refractivity (Wildman–Crippen MR) is 106 cm³/mol. The minimum absolute atomic E-state index is 0.0759. The molecule has 2 N–H and O–H groups in total. The molecular weight excluding hydrogens is 395 g/mol. The van der Waals surface area contributed by atoms with E-state index >= 15 is 0 Å². The van der Waals surface area contributed by atoms with Crippen LogP contribution in [0.2, 0.25) is 0 Å². The Bertz CT molecular complexity index is 1090. The van der Waals surface area contributed by atoms with Gasteiger partial charge in [-0.3, -0.25) is 4.90 Å². The lowest BCUT2D eigenvalue weighted by Gasteiger charge is -2.32. The summed E-state index contributed by atoms with van der Waals surface area (Å²) in [4.78, 5) is 6.45. The fourth-order valence-electron chi connectivity index (χ4n) is 3.45. The highest BCUT2D eigenvalue weighted by atomic mass is 32.2. The van der Waals surface area contributed by atoms with Crippen molar-refractivity contribution in [2.24, 2.45) is 5.73 Å². The van der Waals surface area contributed by atoms with E-state index in [9.17, 15) is 12.8 Å². The first-order chi connectivity index (χ1) is 14.0. The van der Waals surface area contributed by atoms with Gasteiger partial charge >= 0.3 is 0 Å². The summed E-state index contributed by atoms with van der Waals surface area (Å²) in [7, 11) is -3.03. The van der Waals surface area contributed by atoms with Gasteiger partial charge in [-0.25, -0.2) is 12.8 Å². The van der Waals surface area contributed by atoms with Crippen LogP contribution in [0.5, 0.6) is 0 Å². The fraction of sp³-hybridized carbons (Fsp3) is 0.300. The SMILES string of the molecule is NCc1ccc(-c2noc(C(c3ccccc3)N3CCS(=O)(=O)CC3)n2)c(F)c1. The van der Waals surface area contributed by atoms with Crippen molar-refractivity contribution >= 4 is 9.84 Å². The summed E-state index contributed by atoms with van der Waals surface area (Å²) in [5.41, 5.74) is 7.36. The van der Waals surface area contributed by atoms with E-state index in [0.717, 1.165) is 5.56 Å². The Morgan fingerprint density at radius 1 is 1.14 bits per heavy atom. The van der Waals surface area contributed by atoms with Crippen molar-refractivity contribution in [1.82, 2.24) is 15.0 Å². The normalized spacial score (nSPS) is 17.9. The zero-order valence-electron chi connectivity index (χ0n) is 15.7. The first kappa shape index (κ1) is 19.7. The Morgan fingerprint density at radius 3 is 2.52 bits per heavy atom. The maximum Gasteiger partial charge on any atom is 0.248 e. The molecule has 2 heterocycles. The van der Waals surface area contributed by atoms with E-state index in [-0.39, 0.29) is 29.4 Å². The number of hydrogen-bond acceptors (Lipinski definition) is 7. The van der Waals surface area contributed by atoms with Crippen molar-refractivity contribution < 1.29 is 17.3 Å². The van der Waals surface area contributed by atoms with Crippen molar-refractivity contribution in [2.75, 3.05) is 24.6 Å². The zero-order valence-corrected chi connectivity index (χ0v) is 16.5. The molecule has 3 aromatic rings. The second-order valence-corrected chi connectivity index (χ2v) is 9.28. The lowest BCUT2D eigenvalue weighted by atomic mass is 10.0. The summed E-state index contributed by atoms with van der Waals surface area (Å²) < 4.78 is 43.6. The number of rotatable bonds is 5. The number of nitrogens with two attached hydrogens (primary N) is 1. The van der Waals surface area contributed by atoms with E-state index < -0.39 is 21.7 Å². The van der Waals surface area contributed by atoms with Gasteiger partial charge in [0.1, 0.15) is 11.9 Å². The van der Waals surface area contributed by atoms with Crippen LogP contribution in [0.1, 0.15) is 23.1 Å². The van der Waals surface area contributed by atoms with Crippen molar-refractivity contribution in [3.8, 4) is 11.4 Å². The maximum absolute atomic E-state index is 14.4. The molecule has 0 radical (unpaired) electrons. The average molecular weight is 416 g/mol. The largest absolute Gasteiger partial charge is 0.337 e. The summed E-state index contributed by atoms with van der Waals surface area (Å²) in [5.74, 6) is 0.124.